The van der Waals surface area contributed by atoms with Gasteiger partial charge in [0, 0.05) is 0 Å². The van der Waals surface area contributed by atoms with Crippen LogP contribution in [0.1, 0.15) is 20.3 Å². The molecule has 0 aliphatic heterocycles. The van der Waals surface area contributed by atoms with Gasteiger partial charge in [-0.15, -0.1) is 0 Å². The SMILES string of the molecule is C=CC[N+](C)(C)CCOCC(CC(C)C)Oc1ccccc1. The van der Waals surface area contributed by atoms with E-state index in [1.54, 1.807) is 0 Å². The van der Waals surface area contributed by atoms with Crippen LogP contribution >= 0.6 is 0 Å². The summed E-state index contributed by atoms with van der Waals surface area (Å²) in [5.41, 5.74) is 0. The van der Waals surface area contributed by atoms with E-state index in [2.05, 4.69) is 34.5 Å². The Kier molecular flexibility index (Phi) is 8.21. The quantitative estimate of drug-likeness (QED) is 0.352. The Labute approximate surface area is 136 Å². The van der Waals surface area contributed by atoms with Crippen LogP contribution < -0.4 is 4.74 Å². The summed E-state index contributed by atoms with van der Waals surface area (Å²) < 4.78 is 12.8. The van der Waals surface area contributed by atoms with Crippen LogP contribution in [0.15, 0.2) is 43.0 Å². The number of para-hydroxylation sites is 1. The number of benzene rings is 1. The van der Waals surface area contributed by atoms with Crippen LogP contribution in [0.5, 0.6) is 5.75 Å². The lowest BCUT2D eigenvalue weighted by atomic mass is 10.1. The van der Waals surface area contributed by atoms with Crippen LogP contribution in [0.2, 0.25) is 0 Å². The minimum absolute atomic E-state index is 0.109. The third-order valence-electron chi connectivity index (χ3n) is 3.55. The fourth-order valence-electron chi connectivity index (χ4n) is 2.33. The first-order valence-corrected chi connectivity index (χ1v) is 8.15. The highest BCUT2D eigenvalue weighted by Gasteiger charge is 2.16. The van der Waals surface area contributed by atoms with Crippen molar-refractivity contribution in [3.05, 3.63) is 43.0 Å². The van der Waals surface area contributed by atoms with Crippen LogP contribution in [0.3, 0.4) is 0 Å². The summed E-state index contributed by atoms with van der Waals surface area (Å²) >= 11 is 0. The fourth-order valence-corrected chi connectivity index (χ4v) is 2.33. The molecule has 0 saturated heterocycles. The Morgan fingerprint density at radius 3 is 2.45 bits per heavy atom. The molecule has 0 radical (unpaired) electrons. The predicted molar refractivity (Wildman–Crippen MR) is 93.2 cm³/mol. The predicted octanol–water partition coefficient (Wildman–Crippen LogP) is 3.76. The summed E-state index contributed by atoms with van der Waals surface area (Å²) in [6.45, 7) is 11.6. The highest BCUT2D eigenvalue weighted by molar-refractivity contribution is 5.21. The number of likely N-dealkylation sites (N-methyl/N-ethyl adjacent to an activating group) is 1. The molecule has 1 aromatic carbocycles. The van der Waals surface area contributed by atoms with Crippen LogP contribution in [-0.2, 0) is 4.74 Å². The van der Waals surface area contributed by atoms with Gasteiger partial charge in [-0.2, -0.15) is 0 Å². The molecule has 0 N–H and O–H groups in total. The maximum Gasteiger partial charge on any atom is 0.122 e. The monoisotopic (exact) mass is 306 g/mol. The molecule has 22 heavy (non-hydrogen) atoms. The van der Waals surface area contributed by atoms with Crippen molar-refractivity contribution in [3.8, 4) is 5.75 Å². The van der Waals surface area contributed by atoms with Gasteiger partial charge in [-0.05, 0) is 30.5 Å². The summed E-state index contributed by atoms with van der Waals surface area (Å²) in [5.74, 6) is 1.50. The Morgan fingerprint density at radius 1 is 1.18 bits per heavy atom. The van der Waals surface area contributed by atoms with Crippen LogP contribution in [0.25, 0.3) is 0 Å². The van der Waals surface area contributed by atoms with Gasteiger partial charge in [0.1, 0.15) is 18.4 Å². The summed E-state index contributed by atoms with van der Waals surface area (Å²) in [6.07, 6.45) is 3.07. The number of ether oxygens (including phenoxy) is 2. The van der Waals surface area contributed by atoms with E-state index in [-0.39, 0.29) is 6.10 Å². The normalized spacial score (nSPS) is 13.1. The molecule has 3 heteroatoms. The molecule has 1 rings (SSSR count). The number of rotatable bonds is 11. The number of quaternary nitrogens is 1. The van der Waals surface area contributed by atoms with Crippen molar-refractivity contribution in [1.29, 1.82) is 0 Å². The molecule has 0 aliphatic carbocycles. The first-order valence-electron chi connectivity index (χ1n) is 8.15. The first kappa shape index (κ1) is 18.7. The number of hydrogen-bond donors (Lipinski definition) is 0. The topological polar surface area (TPSA) is 18.5 Å². The smallest absolute Gasteiger partial charge is 0.122 e. The van der Waals surface area contributed by atoms with Gasteiger partial charge in [0.25, 0.3) is 0 Å². The molecule has 0 bridgehead atoms. The van der Waals surface area contributed by atoms with Crippen molar-refractivity contribution in [2.24, 2.45) is 5.92 Å². The van der Waals surface area contributed by atoms with E-state index in [0.717, 1.165) is 36.3 Å². The fraction of sp³-hybridized carbons (Fsp3) is 0.579. The van der Waals surface area contributed by atoms with Crippen molar-refractivity contribution in [3.63, 3.8) is 0 Å². The molecular formula is C19H32NO2+. The molecule has 0 aliphatic rings. The van der Waals surface area contributed by atoms with Crippen molar-refractivity contribution >= 4 is 0 Å². The minimum Gasteiger partial charge on any atom is -0.488 e. The molecule has 0 fully saturated rings. The largest absolute Gasteiger partial charge is 0.488 e. The molecule has 0 heterocycles. The van der Waals surface area contributed by atoms with Crippen molar-refractivity contribution in [1.82, 2.24) is 0 Å². The lowest BCUT2D eigenvalue weighted by Gasteiger charge is -2.28. The maximum atomic E-state index is 6.06. The van der Waals surface area contributed by atoms with Crippen molar-refractivity contribution < 1.29 is 14.0 Å². The zero-order chi connectivity index (χ0) is 16.4. The zero-order valence-electron chi connectivity index (χ0n) is 14.6. The van der Waals surface area contributed by atoms with E-state index in [9.17, 15) is 0 Å². The average molecular weight is 306 g/mol. The Morgan fingerprint density at radius 2 is 1.86 bits per heavy atom. The maximum absolute atomic E-state index is 6.06. The van der Waals surface area contributed by atoms with E-state index >= 15 is 0 Å². The Balaban J connectivity index is 2.40. The molecule has 1 unspecified atom stereocenters. The second kappa shape index (κ2) is 9.65. The van der Waals surface area contributed by atoms with Crippen LogP contribution in [-0.4, -0.2) is 51.0 Å². The Hall–Kier alpha value is -1.32. The molecule has 3 nitrogen and oxygen atoms in total. The lowest BCUT2D eigenvalue weighted by Crippen LogP contribution is -2.42. The standard InChI is InChI=1S/C19H32NO2/c1-6-12-20(4,5)13-14-21-16-19(15-17(2)3)22-18-10-8-7-9-11-18/h6-11,17,19H,1,12-16H2,2-5H3/q+1. The highest BCUT2D eigenvalue weighted by atomic mass is 16.5. The highest BCUT2D eigenvalue weighted by Crippen LogP contribution is 2.16. The molecule has 124 valence electrons. The van der Waals surface area contributed by atoms with E-state index in [1.807, 2.05) is 36.4 Å². The van der Waals surface area contributed by atoms with Gasteiger partial charge in [-0.3, -0.25) is 0 Å². The summed E-state index contributed by atoms with van der Waals surface area (Å²) in [5, 5.41) is 0. The van der Waals surface area contributed by atoms with Gasteiger partial charge < -0.3 is 14.0 Å². The second-order valence-corrected chi connectivity index (χ2v) is 6.89. The zero-order valence-corrected chi connectivity index (χ0v) is 14.6. The van der Waals surface area contributed by atoms with Gasteiger partial charge in [0.2, 0.25) is 0 Å². The first-order chi connectivity index (χ1) is 10.4. The van der Waals surface area contributed by atoms with Gasteiger partial charge in [-0.25, -0.2) is 0 Å². The van der Waals surface area contributed by atoms with Gasteiger partial charge >= 0.3 is 0 Å². The Bertz CT molecular complexity index is 415. The van der Waals surface area contributed by atoms with E-state index in [4.69, 9.17) is 9.47 Å². The van der Waals surface area contributed by atoms with Crippen LogP contribution in [0.4, 0.5) is 0 Å². The van der Waals surface area contributed by atoms with Crippen molar-refractivity contribution in [2.75, 3.05) is 40.4 Å². The average Bonchev–Trinajstić information content (AvgIpc) is 2.44. The third-order valence-corrected chi connectivity index (χ3v) is 3.55. The summed E-state index contributed by atoms with van der Waals surface area (Å²) in [7, 11) is 4.38. The molecule has 1 aromatic rings. The second-order valence-electron chi connectivity index (χ2n) is 6.89. The number of nitrogens with zero attached hydrogens (tertiary/aromatic N) is 1. The molecule has 0 spiro atoms. The van der Waals surface area contributed by atoms with E-state index in [1.165, 1.54) is 0 Å². The van der Waals surface area contributed by atoms with E-state index in [0.29, 0.717) is 12.5 Å². The molecule has 0 amide bonds. The lowest BCUT2D eigenvalue weighted by molar-refractivity contribution is -0.884. The number of hydrogen-bond acceptors (Lipinski definition) is 2. The minimum atomic E-state index is 0.109. The summed E-state index contributed by atoms with van der Waals surface area (Å²) in [4.78, 5) is 0. The van der Waals surface area contributed by atoms with Crippen molar-refractivity contribution in [2.45, 2.75) is 26.4 Å². The summed E-state index contributed by atoms with van der Waals surface area (Å²) in [6, 6.07) is 9.99. The molecule has 0 saturated carbocycles. The van der Waals surface area contributed by atoms with Gasteiger partial charge in [0.15, 0.2) is 0 Å². The molecule has 0 aromatic heterocycles. The molecule has 1 atom stereocenters. The van der Waals surface area contributed by atoms with Gasteiger partial charge in [0.05, 0.1) is 33.9 Å². The van der Waals surface area contributed by atoms with Gasteiger partial charge in [-0.1, -0.05) is 38.6 Å². The molecular weight excluding hydrogens is 274 g/mol. The third kappa shape index (κ3) is 8.20. The van der Waals surface area contributed by atoms with E-state index < -0.39 is 0 Å². The van der Waals surface area contributed by atoms with Crippen LogP contribution in [0, 0.1) is 5.92 Å².